The highest BCUT2D eigenvalue weighted by Crippen LogP contribution is 2.30. The molecule has 0 saturated heterocycles. The van der Waals surface area contributed by atoms with Gasteiger partial charge in [-0.25, -0.2) is 0 Å². The first-order valence-electron chi connectivity index (χ1n) is 6.02. The number of benzene rings is 1. The summed E-state index contributed by atoms with van der Waals surface area (Å²) >= 11 is 0. The molecular formula is C14H20N2O. The minimum Gasteiger partial charge on any atom is -0.495 e. The van der Waals surface area contributed by atoms with E-state index in [9.17, 15) is 0 Å². The summed E-state index contributed by atoms with van der Waals surface area (Å²) in [5.74, 6) is 0.949. The largest absolute Gasteiger partial charge is 0.495 e. The molecule has 0 aliphatic heterocycles. The lowest BCUT2D eigenvalue weighted by atomic mass is 10.1. The van der Waals surface area contributed by atoms with Gasteiger partial charge in [-0.1, -0.05) is 0 Å². The van der Waals surface area contributed by atoms with Crippen molar-refractivity contribution in [3.05, 3.63) is 29.5 Å². The Morgan fingerprint density at radius 3 is 2.65 bits per heavy atom. The second-order valence-corrected chi connectivity index (χ2v) is 4.48. The molecule has 0 unspecified atom stereocenters. The zero-order chi connectivity index (χ0) is 12.4. The van der Waals surface area contributed by atoms with Crippen molar-refractivity contribution in [2.75, 3.05) is 13.7 Å². The molecule has 92 valence electrons. The van der Waals surface area contributed by atoms with Gasteiger partial charge in [0.15, 0.2) is 0 Å². The summed E-state index contributed by atoms with van der Waals surface area (Å²) in [6.07, 6.45) is 0.988. The van der Waals surface area contributed by atoms with Crippen LogP contribution < -0.4 is 10.5 Å². The van der Waals surface area contributed by atoms with E-state index >= 15 is 0 Å². The number of hydrogen-bond donors (Lipinski definition) is 1. The molecule has 2 rings (SSSR count). The maximum Gasteiger partial charge on any atom is 0.143 e. The van der Waals surface area contributed by atoms with Gasteiger partial charge >= 0.3 is 0 Å². The van der Waals surface area contributed by atoms with Gasteiger partial charge in [-0.3, -0.25) is 0 Å². The minimum atomic E-state index is 0.716. The van der Waals surface area contributed by atoms with Gasteiger partial charge in [-0.15, -0.1) is 0 Å². The van der Waals surface area contributed by atoms with Gasteiger partial charge in [0.05, 0.1) is 12.6 Å². The molecule has 3 nitrogen and oxygen atoms in total. The summed E-state index contributed by atoms with van der Waals surface area (Å²) in [4.78, 5) is 0. The molecule has 0 radical (unpaired) electrons. The molecule has 2 N–H and O–H groups in total. The van der Waals surface area contributed by atoms with Crippen LogP contribution in [0.3, 0.4) is 0 Å². The van der Waals surface area contributed by atoms with Crippen molar-refractivity contribution in [3.8, 4) is 5.75 Å². The Morgan fingerprint density at radius 2 is 2.00 bits per heavy atom. The SMILES string of the molecule is COc1cc(C)cc2cc(C)n(CCCN)c12. The zero-order valence-corrected chi connectivity index (χ0v) is 10.8. The number of ether oxygens (including phenoxy) is 1. The summed E-state index contributed by atoms with van der Waals surface area (Å²) in [5.41, 5.74) is 9.26. The highest BCUT2D eigenvalue weighted by Gasteiger charge is 2.11. The van der Waals surface area contributed by atoms with Crippen molar-refractivity contribution in [2.24, 2.45) is 5.73 Å². The van der Waals surface area contributed by atoms with Gasteiger partial charge in [-0.05, 0) is 50.6 Å². The Kier molecular flexibility index (Phi) is 3.38. The number of aryl methyl sites for hydroxylation is 3. The minimum absolute atomic E-state index is 0.716. The highest BCUT2D eigenvalue weighted by atomic mass is 16.5. The molecule has 1 aromatic carbocycles. The predicted molar refractivity (Wildman–Crippen MR) is 71.6 cm³/mol. The van der Waals surface area contributed by atoms with Crippen LogP contribution in [0.1, 0.15) is 17.7 Å². The third kappa shape index (κ3) is 2.15. The fourth-order valence-corrected chi connectivity index (χ4v) is 2.34. The summed E-state index contributed by atoms with van der Waals surface area (Å²) in [6, 6.07) is 6.49. The summed E-state index contributed by atoms with van der Waals surface area (Å²) in [5, 5.41) is 1.25. The monoisotopic (exact) mass is 232 g/mol. The highest BCUT2D eigenvalue weighted by molar-refractivity contribution is 5.87. The van der Waals surface area contributed by atoms with Crippen molar-refractivity contribution in [1.82, 2.24) is 4.57 Å². The van der Waals surface area contributed by atoms with Gasteiger partial charge in [0.2, 0.25) is 0 Å². The molecule has 0 bridgehead atoms. The number of hydrogen-bond acceptors (Lipinski definition) is 2. The van der Waals surface area contributed by atoms with Crippen LogP contribution in [-0.2, 0) is 6.54 Å². The van der Waals surface area contributed by atoms with Crippen molar-refractivity contribution < 1.29 is 4.74 Å². The lowest BCUT2D eigenvalue weighted by Crippen LogP contribution is -2.07. The standard InChI is InChI=1S/C14H20N2O/c1-10-7-12-9-11(2)16(6-4-5-15)14(12)13(8-10)17-3/h7-9H,4-6,15H2,1-3H3. The Morgan fingerprint density at radius 1 is 1.24 bits per heavy atom. The van der Waals surface area contributed by atoms with Gasteiger partial charge in [0, 0.05) is 17.6 Å². The molecule has 0 saturated carbocycles. The molecule has 0 atom stereocenters. The van der Waals surface area contributed by atoms with E-state index in [0.717, 1.165) is 18.7 Å². The smallest absolute Gasteiger partial charge is 0.143 e. The molecule has 0 aliphatic carbocycles. The second-order valence-electron chi connectivity index (χ2n) is 4.48. The third-order valence-corrected chi connectivity index (χ3v) is 3.11. The first-order chi connectivity index (χ1) is 8.17. The van der Waals surface area contributed by atoms with E-state index in [0.29, 0.717) is 6.54 Å². The molecule has 0 spiro atoms. The van der Waals surface area contributed by atoms with Crippen LogP contribution in [0.2, 0.25) is 0 Å². The zero-order valence-electron chi connectivity index (χ0n) is 10.8. The average Bonchev–Trinajstić information content (AvgIpc) is 2.61. The van der Waals surface area contributed by atoms with Crippen LogP contribution >= 0.6 is 0 Å². The van der Waals surface area contributed by atoms with Gasteiger partial charge in [0.1, 0.15) is 5.75 Å². The molecule has 17 heavy (non-hydrogen) atoms. The second kappa shape index (κ2) is 4.80. The number of nitrogens with two attached hydrogens (primary N) is 1. The van der Waals surface area contributed by atoms with Crippen LogP contribution in [0.4, 0.5) is 0 Å². The Bertz CT molecular complexity index is 528. The molecule has 0 fully saturated rings. The number of methoxy groups -OCH3 is 1. The van der Waals surface area contributed by atoms with Crippen LogP contribution in [0.15, 0.2) is 18.2 Å². The van der Waals surface area contributed by atoms with Crippen LogP contribution in [0, 0.1) is 13.8 Å². The number of nitrogens with zero attached hydrogens (tertiary/aromatic N) is 1. The molecule has 1 aromatic heterocycles. The Balaban J connectivity index is 2.61. The van der Waals surface area contributed by atoms with Crippen molar-refractivity contribution in [1.29, 1.82) is 0 Å². The first kappa shape index (κ1) is 12.0. The van der Waals surface area contributed by atoms with Crippen molar-refractivity contribution in [2.45, 2.75) is 26.8 Å². The van der Waals surface area contributed by atoms with Gasteiger partial charge in [0.25, 0.3) is 0 Å². The Hall–Kier alpha value is -1.48. The van der Waals surface area contributed by atoms with Crippen LogP contribution in [0.5, 0.6) is 5.75 Å². The van der Waals surface area contributed by atoms with E-state index in [1.165, 1.54) is 22.2 Å². The van der Waals surface area contributed by atoms with E-state index in [4.69, 9.17) is 10.5 Å². The molecule has 0 aliphatic rings. The maximum absolute atomic E-state index is 5.59. The molecule has 0 amide bonds. The van der Waals surface area contributed by atoms with E-state index < -0.39 is 0 Å². The molecule has 1 heterocycles. The quantitative estimate of drug-likeness (QED) is 0.880. The van der Waals surface area contributed by atoms with Crippen LogP contribution in [0.25, 0.3) is 10.9 Å². The summed E-state index contributed by atoms with van der Waals surface area (Å²) < 4.78 is 7.78. The van der Waals surface area contributed by atoms with Crippen molar-refractivity contribution in [3.63, 3.8) is 0 Å². The van der Waals surface area contributed by atoms with E-state index in [-0.39, 0.29) is 0 Å². The Labute approximate surface area is 102 Å². The maximum atomic E-state index is 5.59. The van der Waals surface area contributed by atoms with E-state index in [1.807, 2.05) is 0 Å². The van der Waals surface area contributed by atoms with E-state index in [2.05, 4.69) is 36.6 Å². The molecule has 3 heteroatoms. The van der Waals surface area contributed by atoms with Gasteiger partial charge in [-0.2, -0.15) is 0 Å². The summed E-state index contributed by atoms with van der Waals surface area (Å²) in [7, 11) is 1.73. The predicted octanol–water partition coefficient (Wildman–Crippen LogP) is 2.62. The van der Waals surface area contributed by atoms with Crippen molar-refractivity contribution >= 4 is 10.9 Å². The number of fused-ring (bicyclic) bond motifs is 1. The third-order valence-electron chi connectivity index (χ3n) is 3.11. The average molecular weight is 232 g/mol. The topological polar surface area (TPSA) is 40.2 Å². The van der Waals surface area contributed by atoms with Gasteiger partial charge < -0.3 is 15.0 Å². The first-order valence-corrected chi connectivity index (χ1v) is 6.02. The normalized spacial score (nSPS) is 11.1. The molecule has 2 aromatic rings. The van der Waals surface area contributed by atoms with E-state index in [1.54, 1.807) is 7.11 Å². The lowest BCUT2D eigenvalue weighted by molar-refractivity contribution is 0.416. The number of aromatic nitrogens is 1. The number of rotatable bonds is 4. The molecular weight excluding hydrogens is 212 g/mol. The van der Waals surface area contributed by atoms with Crippen LogP contribution in [-0.4, -0.2) is 18.2 Å². The fourth-order valence-electron chi connectivity index (χ4n) is 2.34. The summed E-state index contributed by atoms with van der Waals surface area (Å²) in [6.45, 7) is 5.89. The fraction of sp³-hybridized carbons (Fsp3) is 0.429. The lowest BCUT2D eigenvalue weighted by Gasteiger charge is -2.11.